The second-order valence-corrected chi connectivity index (χ2v) is 5.28. The number of halogens is 1. The first-order valence-corrected chi connectivity index (χ1v) is 7.25. The minimum atomic E-state index is -0.00134. The van der Waals surface area contributed by atoms with E-state index >= 15 is 0 Å². The Bertz CT molecular complexity index is 525. The number of imidazole rings is 1. The highest BCUT2D eigenvalue weighted by Gasteiger charge is 2.00. The van der Waals surface area contributed by atoms with Crippen molar-refractivity contribution in [3.63, 3.8) is 0 Å². The van der Waals surface area contributed by atoms with Crippen LogP contribution in [0, 0.1) is 0 Å². The minimum absolute atomic E-state index is 0.00134. The van der Waals surface area contributed by atoms with Gasteiger partial charge in [0.2, 0.25) is 5.91 Å². The van der Waals surface area contributed by atoms with Crippen molar-refractivity contribution in [1.82, 2.24) is 14.9 Å². The molecule has 0 aliphatic heterocycles. The van der Waals surface area contributed by atoms with Crippen LogP contribution in [0.2, 0.25) is 0 Å². The van der Waals surface area contributed by atoms with Crippen LogP contribution in [0.15, 0.2) is 47.5 Å². The fourth-order valence-electron chi connectivity index (χ4n) is 1.72. The lowest BCUT2D eigenvalue weighted by atomic mass is 10.3. The fraction of sp³-hybridized carbons (Fsp3) is 0.286. The first-order valence-electron chi connectivity index (χ1n) is 6.46. The Morgan fingerprint density at radius 3 is 2.80 bits per heavy atom. The topological polar surface area (TPSA) is 59.0 Å². The van der Waals surface area contributed by atoms with Gasteiger partial charge < -0.3 is 15.2 Å². The van der Waals surface area contributed by atoms with Crippen LogP contribution in [0.4, 0.5) is 5.69 Å². The van der Waals surface area contributed by atoms with Gasteiger partial charge in [-0.3, -0.25) is 4.79 Å². The van der Waals surface area contributed by atoms with Gasteiger partial charge >= 0.3 is 0 Å². The SMILES string of the molecule is O=C(CNc1ccc(Br)cc1)NCCCn1ccnc1. The number of nitrogens with zero attached hydrogens (tertiary/aromatic N) is 2. The lowest BCUT2D eigenvalue weighted by Gasteiger charge is -2.08. The summed E-state index contributed by atoms with van der Waals surface area (Å²) < 4.78 is 3.01. The summed E-state index contributed by atoms with van der Waals surface area (Å²) >= 11 is 3.37. The van der Waals surface area contributed by atoms with Crippen molar-refractivity contribution in [3.05, 3.63) is 47.5 Å². The van der Waals surface area contributed by atoms with Crippen LogP contribution in [0.5, 0.6) is 0 Å². The summed E-state index contributed by atoms with van der Waals surface area (Å²) in [6, 6.07) is 7.73. The summed E-state index contributed by atoms with van der Waals surface area (Å²) in [7, 11) is 0. The Morgan fingerprint density at radius 1 is 1.30 bits per heavy atom. The van der Waals surface area contributed by atoms with Crippen molar-refractivity contribution < 1.29 is 4.79 Å². The molecule has 0 atom stereocenters. The van der Waals surface area contributed by atoms with Gasteiger partial charge in [-0.25, -0.2) is 4.98 Å². The number of carbonyl (C=O) groups excluding carboxylic acids is 1. The van der Waals surface area contributed by atoms with Crippen LogP contribution in [0.3, 0.4) is 0 Å². The monoisotopic (exact) mass is 336 g/mol. The van der Waals surface area contributed by atoms with E-state index in [2.05, 4.69) is 31.5 Å². The molecule has 0 radical (unpaired) electrons. The van der Waals surface area contributed by atoms with E-state index < -0.39 is 0 Å². The molecule has 1 amide bonds. The number of nitrogens with one attached hydrogen (secondary N) is 2. The van der Waals surface area contributed by atoms with E-state index in [0.717, 1.165) is 23.1 Å². The highest BCUT2D eigenvalue weighted by molar-refractivity contribution is 9.10. The molecule has 1 heterocycles. The molecular formula is C14H17BrN4O. The van der Waals surface area contributed by atoms with Crippen molar-refractivity contribution in [2.45, 2.75) is 13.0 Å². The normalized spacial score (nSPS) is 10.2. The van der Waals surface area contributed by atoms with E-state index in [0.29, 0.717) is 6.54 Å². The maximum atomic E-state index is 11.6. The van der Waals surface area contributed by atoms with Crippen molar-refractivity contribution >= 4 is 27.5 Å². The van der Waals surface area contributed by atoms with Gasteiger partial charge in [0.15, 0.2) is 0 Å². The lowest BCUT2D eigenvalue weighted by molar-refractivity contribution is -0.119. The summed E-state index contributed by atoms with van der Waals surface area (Å²) in [5.74, 6) is -0.00134. The lowest BCUT2D eigenvalue weighted by Crippen LogP contribution is -2.31. The average molecular weight is 337 g/mol. The summed E-state index contributed by atoms with van der Waals surface area (Å²) in [6.45, 7) is 1.81. The number of rotatable bonds is 7. The Hall–Kier alpha value is -1.82. The minimum Gasteiger partial charge on any atom is -0.376 e. The predicted molar refractivity (Wildman–Crippen MR) is 82.5 cm³/mol. The number of amides is 1. The number of aromatic nitrogens is 2. The van der Waals surface area contributed by atoms with E-state index in [1.54, 1.807) is 12.5 Å². The number of hydrogen-bond donors (Lipinski definition) is 2. The Kier molecular flexibility index (Phi) is 5.61. The molecule has 0 bridgehead atoms. The third kappa shape index (κ3) is 5.05. The second kappa shape index (κ2) is 7.69. The molecule has 2 N–H and O–H groups in total. The zero-order valence-electron chi connectivity index (χ0n) is 11.1. The van der Waals surface area contributed by atoms with Gasteiger partial charge in [-0.15, -0.1) is 0 Å². The van der Waals surface area contributed by atoms with Crippen LogP contribution in [-0.2, 0) is 11.3 Å². The molecule has 0 aliphatic rings. The molecule has 1 aromatic carbocycles. The predicted octanol–water partition coefficient (Wildman–Crippen LogP) is 2.26. The molecule has 2 rings (SSSR count). The van der Waals surface area contributed by atoms with Gasteiger partial charge in [0.05, 0.1) is 12.9 Å². The standard InChI is InChI=1S/C14H17BrN4O/c15-12-2-4-13(5-3-12)18-10-14(20)17-6-1-8-19-9-7-16-11-19/h2-5,7,9,11,18H,1,6,8,10H2,(H,17,20). The molecule has 5 nitrogen and oxygen atoms in total. The van der Waals surface area contributed by atoms with Crippen LogP contribution in [0.25, 0.3) is 0 Å². The molecule has 106 valence electrons. The van der Waals surface area contributed by atoms with E-state index in [9.17, 15) is 4.79 Å². The Morgan fingerprint density at radius 2 is 2.10 bits per heavy atom. The first-order chi connectivity index (χ1) is 9.74. The van der Waals surface area contributed by atoms with E-state index in [-0.39, 0.29) is 12.5 Å². The van der Waals surface area contributed by atoms with E-state index in [4.69, 9.17) is 0 Å². The zero-order chi connectivity index (χ0) is 14.2. The van der Waals surface area contributed by atoms with Gasteiger partial charge in [-0.1, -0.05) is 15.9 Å². The van der Waals surface area contributed by atoms with Crippen LogP contribution in [0.1, 0.15) is 6.42 Å². The van der Waals surface area contributed by atoms with E-state index in [1.165, 1.54) is 0 Å². The summed E-state index contributed by atoms with van der Waals surface area (Å²) in [5.41, 5.74) is 0.932. The van der Waals surface area contributed by atoms with Gasteiger partial charge in [-0.2, -0.15) is 0 Å². The zero-order valence-corrected chi connectivity index (χ0v) is 12.6. The second-order valence-electron chi connectivity index (χ2n) is 4.36. The fourth-order valence-corrected chi connectivity index (χ4v) is 1.99. The molecule has 0 spiro atoms. The number of aryl methyl sites for hydroxylation is 1. The highest BCUT2D eigenvalue weighted by atomic mass is 79.9. The number of benzene rings is 1. The van der Waals surface area contributed by atoms with Crippen molar-refractivity contribution in [2.75, 3.05) is 18.4 Å². The van der Waals surface area contributed by atoms with Crippen LogP contribution >= 0.6 is 15.9 Å². The van der Waals surface area contributed by atoms with Crippen LogP contribution < -0.4 is 10.6 Å². The molecule has 0 aliphatic carbocycles. The number of carbonyl (C=O) groups is 1. The summed E-state index contributed by atoms with van der Waals surface area (Å²) in [4.78, 5) is 15.6. The molecule has 0 unspecified atom stereocenters. The maximum absolute atomic E-state index is 11.6. The van der Waals surface area contributed by atoms with Gasteiger partial charge in [0.1, 0.15) is 0 Å². The first kappa shape index (κ1) is 14.6. The average Bonchev–Trinajstić information content (AvgIpc) is 2.96. The quantitative estimate of drug-likeness (QED) is 0.762. The van der Waals surface area contributed by atoms with Gasteiger partial charge in [-0.05, 0) is 30.7 Å². The van der Waals surface area contributed by atoms with Crippen molar-refractivity contribution in [3.8, 4) is 0 Å². The molecule has 0 fully saturated rings. The maximum Gasteiger partial charge on any atom is 0.239 e. The third-order valence-corrected chi connectivity index (χ3v) is 3.30. The van der Waals surface area contributed by atoms with Gasteiger partial charge in [0, 0.05) is 35.6 Å². The number of anilines is 1. The molecule has 0 saturated heterocycles. The molecular weight excluding hydrogens is 320 g/mol. The van der Waals surface area contributed by atoms with Crippen molar-refractivity contribution in [1.29, 1.82) is 0 Å². The molecule has 0 saturated carbocycles. The summed E-state index contributed by atoms with van der Waals surface area (Å²) in [5, 5.41) is 5.96. The summed E-state index contributed by atoms with van der Waals surface area (Å²) in [6.07, 6.45) is 6.33. The third-order valence-electron chi connectivity index (χ3n) is 2.77. The highest BCUT2D eigenvalue weighted by Crippen LogP contribution is 2.13. The smallest absolute Gasteiger partial charge is 0.239 e. The van der Waals surface area contributed by atoms with Crippen molar-refractivity contribution in [2.24, 2.45) is 0 Å². The van der Waals surface area contributed by atoms with Gasteiger partial charge in [0.25, 0.3) is 0 Å². The molecule has 20 heavy (non-hydrogen) atoms. The Balaban J connectivity index is 1.59. The number of hydrogen-bond acceptors (Lipinski definition) is 3. The Labute approximate surface area is 126 Å². The van der Waals surface area contributed by atoms with Crippen LogP contribution in [-0.4, -0.2) is 28.5 Å². The molecule has 1 aromatic heterocycles. The molecule has 6 heteroatoms. The molecule has 2 aromatic rings. The van der Waals surface area contributed by atoms with E-state index in [1.807, 2.05) is 35.0 Å². The largest absolute Gasteiger partial charge is 0.376 e.